The number of carbonyl (C=O) groups excluding carboxylic acids is 2. The van der Waals surface area contributed by atoms with E-state index in [1.807, 2.05) is 0 Å². The van der Waals surface area contributed by atoms with E-state index < -0.39 is 16.7 Å². The molecule has 0 unspecified atom stereocenters. The van der Waals surface area contributed by atoms with Gasteiger partial charge < -0.3 is 15.7 Å². The van der Waals surface area contributed by atoms with Crippen molar-refractivity contribution in [2.45, 2.75) is 6.92 Å². The molecule has 8 heteroatoms. The van der Waals surface area contributed by atoms with Gasteiger partial charge in [0.05, 0.1) is 10.6 Å². The molecule has 0 saturated carbocycles. The number of nitro groups is 1. The molecule has 118 valence electrons. The molecule has 0 heterocycles. The van der Waals surface area contributed by atoms with E-state index >= 15 is 0 Å². The van der Waals surface area contributed by atoms with Gasteiger partial charge in [-0.1, -0.05) is 18.2 Å². The minimum atomic E-state index is -1.08. The van der Waals surface area contributed by atoms with E-state index in [2.05, 4.69) is 10.6 Å². The summed E-state index contributed by atoms with van der Waals surface area (Å²) in [5.74, 6) is -2.33. The number of rotatable bonds is 3. The summed E-state index contributed by atoms with van der Waals surface area (Å²) >= 11 is 0. The number of nitro benzene ring substituents is 1. The molecule has 0 spiro atoms. The monoisotopic (exact) mass is 315 g/mol. The first-order chi connectivity index (χ1) is 10.9. The predicted molar refractivity (Wildman–Crippen MR) is 83.2 cm³/mol. The Hall–Kier alpha value is -3.42. The third kappa shape index (κ3) is 3.82. The fourth-order valence-electron chi connectivity index (χ4n) is 1.85. The van der Waals surface area contributed by atoms with Crippen LogP contribution in [-0.2, 0) is 9.59 Å². The number of amides is 2. The van der Waals surface area contributed by atoms with Crippen LogP contribution in [0, 0.1) is 17.0 Å². The number of hydrogen-bond acceptors (Lipinski definition) is 5. The van der Waals surface area contributed by atoms with Crippen LogP contribution in [0.4, 0.5) is 17.1 Å². The molecule has 2 aromatic carbocycles. The summed E-state index contributed by atoms with van der Waals surface area (Å²) in [5.41, 5.74) is 0.433. The van der Waals surface area contributed by atoms with Gasteiger partial charge in [0.15, 0.2) is 0 Å². The van der Waals surface area contributed by atoms with Gasteiger partial charge in [-0.05, 0) is 30.7 Å². The van der Waals surface area contributed by atoms with E-state index in [4.69, 9.17) is 0 Å². The predicted octanol–water partition coefficient (Wildman–Crippen LogP) is 2.19. The van der Waals surface area contributed by atoms with Crippen LogP contribution in [0.3, 0.4) is 0 Å². The van der Waals surface area contributed by atoms with Crippen LogP contribution in [0.1, 0.15) is 5.56 Å². The van der Waals surface area contributed by atoms with Gasteiger partial charge in [0, 0.05) is 6.07 Å². The number of benzene rings is 2. The summed E-state index contributed by atoms with van der Waals surface area (Å²) in [5, 5.41) is 24.9. The van der Waals surface area contributed by atoms with Crippen molar-refractivity contribution in [2.24, 2.45) is 0 Å². The normalized spacial score (nSPS) is 9.96. The zero-order valence-electron chi connectivity index (χ0n) is 12.1. The third-order valence-electron chi connectivity index (χ3n) is 2.96. The van der Waals surface area contributed by atoms with Crippen molar-refractivity contribution in [3.8, 4) is 5.75 Å². The highest BCUT2D eigenvalue weighted by atomic mass is 16.6. The van der Waals surface area contributed by atoms with Crippen LogP contribution in [0.15, 0.2) is 42.5 Å². The van der Waals surface area contributed by atoms with Crippen LogP contribution < -0.4 is 10.6 Å². The zero-order chi connectivity index (χ0) is 17.0. The molecular formula is C15H13N3O5. The summed E-state index contributed by atoms with van der Waals surface area (Å²) in [6.07, 6.45) is 0. The average Bonchev–Trinajstić information content (AvgIpc) is 2.51. The summed E-state index contributed by atoms with van der Waals surface area (Å²) < 4.78 is 0. The number of nitrogens with one attached hydrogen (secondary N) is 2. The Bertz CT molecular complexity index is 788. The lowest BCUT2D eigenvalue weighted by Gasteiger charge is -2.09. The van der Waals surface area contributed by atoms with Gasteiger partial charge in [-0.2, -0.15) is 0 Å². The summed E-state index contributed by atoms with van der Waals surface area (Å²) in [7, 11) is 0. The second kappa shape index (κ2) is 6.56. The highest BCUT2D eigenvalue weighted by molar-refractivity contribution is 6.44. The van der Waals surface area contributed by atoms with Crippen molar-refractivity contribution in [3.05, 3.63) is 58.1 Å². The molecule has 0 aliphatic carbocycles. The van der Waals surface area contributed by atoms with Crippen molar-refractivity contribution in [1.29, 1.82) is 0 Å². The summed E-state index contributed by atoms with van der Waals surface area (Å²) in [4.78, 5) is 33.9. The molecule has 2 rings (SSSR count). The Kier molecular flexibility index (Phi) is 4.55. The van der Waals surface area contributed by atoms with Crippen molar-refractivity contribution in [3.63, 3.8) is 0 Å². The molecule has 2 aromatic rings. The zero-order valence-corrected chi connectivity index (χ0v) is 12.1. The SMILES string of the molecule is Cc1ccc(O)c(NC(=O)C(=O)Nc2ccccc2[N+](=O)[O-])c1. The van der Waals surface area contributed by atoms with Gasteiger partial charge in [0.25, 0.3) is 5.69 Å². The first kappa shape index (κ1) is 16.0. The number of phenols is 1. The second-order valence-corrected chi connectivity index (χ2v) is 4.70. The van der Waals surface area contributed by atoms with Crippen LogP contribution >= 0.6 is 0 Å². The molecule has 0 radical (unpaired) electrons. The third-order valence-corrected chi connectivity index (χ3v) is 2.96. The lowest BCUT2D eigenvalue weighted by atomic mass is 10.2. The number of phenolic OH excluding ortho intramolecular Hbond substituents is 1. The first-order valence-electron chi connectivity index (χ1n) is 6.54. The number of nitrogens with zero attached hydrogens (tertiary/aromatic N) is 1. The van der Waals surface area contributed by atoms with Crippen LogP contribution in [-0.4, -0.2) is 21.8 Å². The molecule has 23 heavy (non-hydrogen) atoms. The number of aromatic hydroxyl groups is 1. The lowest BCUT2D eigenvalue weighted by Crippen LogP contribution is -2.29. The molecule has 0 aromatic heterocycles. The molecule has 8 nitrogen and oxygen atoms in total. The Labute approximate surface area is 130 Å². The van der Waals surface area contributed by atoms with Gasteiger partial charge in [0.2, 0.25) is 0 Å². The van der Waals surface area contributed by atoms with Gasteiger partial charge in [0.1, 0.15) is 11.4 Å². The quantitative estimate of drug-likeness (QED) is 0.347. The van der Waals surface area contributed by atoms with Gasteiger partial charge >= 0.3 is 11.8 Å². The smallest absolute Gasteiger partial charge is 0.314 e. The average molecular weight is 315 g/mol. The Morgan fingerprint density at radius 3 is 2.30 bits per heavy atom. The number of anilines is 2. The summed E-state index contributed by atoms with van der Waals surface area (Å²) in [6.45, 7) is 1.75. The lowest BCUT2D eigenvalue weighted by molar-refractivity contribution is -0.383. The number of aryl methyl sites for hydroxylation is 1. The standard InChI is InChI=1S/C15H13N3O5/c1-9-6-7-13(19)11(8-9)17-15(21)14(20)16-10-4-2-3-5-12(10)18(22)23/h2-8,19H,1H3,(H,16,20)(H,17,21). The minimum Gasteiger partial charge on any atom is -0.506 e. The van der Waals surface area contributed by atoms with Gasteiger partial charge in [-0.3, -0.25) is 19.7 Å². The fraction of sp³-hybridized carbons (Fsp3) is 0.0667. The van der Waals surface area contributed by atoms with E-state index in [9.17, 15) is 24.8 Å². The summed E-state index contributed by atoms with van der Waals surface area (Å²) in [6, 6.07) is 9.97. The largest absolute Gasteiger partial charge is 0.506 e. The molecule has 2 amide bonds. The van der Waals surface area contributed by atoms with Crippen molar-refractivity contribution in [1.82, 2.24) is 0 Å². The van der Waals surface area contributed by atoms with Crippen LogP contribution in [0.5, 0.6) is 5.75 Å². The van der Waals surface area contributed by atoms with Crippen molar-refractivity contribution >= 4 is 28.9 Å². The van der Waals surface area contributed by atoms with Crippen molar-refractivity contribution < 1.29 is 19.6 Å². The molecule has 3 N–H and O–H groups in total. The Morgan fingerprint density at radius 2 is 1.65 bits per heavy atom. The van der Waals surface area contributed by atoms with E-state index in [1.54, 1.807) is 13.0 Å². The van der Waals surface area contributed by atoms with Crippen LogP contribution in [0.25, 0.3) is 0 Å². The number of hydrogen-bond donors (Lipinski definition) is 3. The molecule has 0 aliphatic heterocycles. The fourth-order valence-corrected chi connectivity index (χ4v) is 1.85. The van der Waals surface area contributed by atoms with Crippen LogP contribution in [0.2, 0.25) is 0 Å². The Morgan fingerprint density at radius 1 is 1.04 bits per heavy atom. The molecule has 0 aliphatic rings. The Balaban J connectivity index is 2.14. The molecule has 0 fully saturated rings. The van der Waals surface area contributed by atoms with E-state index in [0.717, 1.165) is 5.56 Å². The first-order valence-corrected chi connectivity index (χ1v) is 6.54. The number of carbonyl (C=O) groups is 2. The highest BCUT2D eigenvalue weighted by Gasteiger charge is 2.20. The maximum Gasteiger partial charge on any atom is 0.314 e. The molecule has 0 saturated heterocycles. The molecule has 0 bridgehead atoms. The van der Waals surface area contributed by atoms with Crippen molar-refractivity contribution in [2.75, 3.05) is 10.6 Å². The maximum absolute atomic E-state index is 11.9. The van der Waals surface area contributed by atoms with E-state index in [0.29, 0.717) is 0 Å². The maximum atomic E-state index is 11.9. The second-order valence-electron chi connectivity index (χ2n) is 4.70. The topological polar surface area (TPSA) is 122 Å². The number of para-hydroxylation sites is 2. The van der Waals surface area contributed by atoms with E-state index in [1.165, 1.54) is 36.4 Å². The highest BCUT2D eigenvalue weighted by Crippen LogP contribution is 2.25. The van der Waals surface area contributed by atoms with Gasteiger partial charge in [-0.25, -0.2) is 0 Å². The molecule has 0 atom stereocenters. The minimum absolute atomic E-state index is 0.0766. The van der Waals surface area contributed by atoms with Gasteiger partial charge in [-0.15, -0.1) is 0 Å². The van der Waals surface area contributed by atoms with E-state index in [-0.39, 0.29) is 22.8 Å². The molecular weight excluding hydrogens is 302 g/mol.